The molecule has 2 aromatic heterocycles. The quantitative estimate of drug-likeness (QED) is 0.679. The Kier molecular flexibility index (Phi) is 3.87. The Morgan fingerprint density at radius 1 is 1.24 bits per heavy atom. The van der Waals surface area contributed by atoms with Crippen molar-refractivity contribution in [2.24, 2.45) is 0 Å². The Morgan fingerprint density at radius 2 is 1.96 bits per heavy atom. The van der Waals surface area contributed by atoms with Crippen LogP contribution in [0.5, 0.6) is 0 Å². The second-order valence-corrected chi connectivity index (χ2v) is 6.72. The average Bonchev–Trinajstić information content (AvgIpc) is 3.14. The number of carboxylic acids is 1. The number of hydrogen-bond donors (Lipinski definition) is 3. The first kappa shape index (κ1) is 16.8. The molecule has 0 radical (unpaired) electrons. The number of anilines is 1. The summed E-state index contributed by atoms with van der Waals surface area (Å²) in [5.74, 6) is -1.31. The Morgan fingerprint density at radius 3 is 2.64 bits per heavy atom. The Hall–Kier alpha value is -3.09. The van der Waals surface area contributed by atoms with Gasteiger partial charge < -0.3 is 15.4 Å². The molecule has 130 valence electrons. The summed E-state index contributed by atoms with van der Waals surface area (Å²) in [5, 5.41) is 17.0. The molecule has 3 aromatic rings. The molecule has 0 saturated carbocycles. The van der Waals surface area contributed by atoms with Gasteiger partial charge in [0.2, 0.25) is 0 Å². The number of nitrogens with one attached hydrogen (secondary N) is 2. The first-order valence-corrected chi connectivity index (χ1v) is 7.88. The fourth-order valence-electron chi connectivity index (χ4n) is 2.71. The highest BCUT2D eigenvalue weighted by Crippen LogP contribution is 2.22. The average molecular weight is 340 g/mol. The number of aromatic nitrogens is 3. The van der Waals surface area contributed by atoms with Gasteiger partial charge in [-0.25, -0.2) is 4.79 Å². The number of amides is 1. The second-order valence-electron chi connectivity index (χ2n) is 6.72. The molecule has 0 atom stereocenters. The molecule has 0 aliphatic rings. The van der Waals surface area contributed by atoms with Crippen molar-refractivity contribution in [1.29, 1.82) is 0 Å². The lowest BCUT2D eigenvalue weighted by molar-refractivity contribution is -0.146. The highest BCUT2D eigenvalue weighted by atomic mass is 16.4. The number of aryl methyl sites for hydroxylation is 2. The number of H-pyrrole nitrogens is 1. The molecule has 0 aliphatic heterocycles. The van der Waals surface area contributed by atoms with Crippen LogP contribution in [0.25, 0.3) is 10.9 Å². The standard InChI is InChI=1S/C18H20N4O3/c1-10-5-11(2)13-7-15(21-14(13)6-10)16(23)20-12-8-19-22(9-12)18(3,4)17(24)25/h5-9,21H,1-4H3,(H,20,23)(H,24,25). The molecule has 0 aliphatic carbocycles. The van der Waals surface area contributed by atoms with Crippen LogP contribution in [0.3, 0.4) is 0 Å². The predicted molar refractivity (Wildman–Crippen MR) is 94.9 cm³/mol. The molecule has 0 saturated heterocycles. The number of carbonyl (C=O) groups excluding carboxylic acids is 1. The van der Waals surface area contributed by atoms with Crippen LogP contribution in [-0.2, 0) is 10.3 Å². The van der Waals surface area contributed by atoms with Gasteiger partial charge in [-0.15, -0.1) is 0 Å². The maximum atomic E-state index is 12.5. The molecule has 25 heavy (non-hydrogen) atoms. The van der Waals surface area contributed by atoms with Gasteiger partial charge in [-0.05, 0) is 51.0 Å². The molecule has 0 spiro atoms. The predicted octanol–water partition coefficient (Wildman–Crippen LogP) is 3.05. The van der Waals surface area contributed by atoms with Crippen molar-refractivity contribution in [2.45, 2.75) is 33.2 Å². The van der Waals surface area contributed by atoms with E-state index in [4.69, 9.17) is 0 Å². The first-order valence-electron chi connectivity index (χ1n) is 7.88. The summed E-state index contributed by atoms with van der Waals surface area (Å²) in [6.45, 7) is 7.09. The highest BCUT2D eigenvalue weighted by Gasteiger charge is 2.30. The fraction of sp³-hybridized carbons (Fsp3) is 0.278. The molecule has 1 amide bonds. The van der Waals surface area contributed by atoms with Gasteiger partial charge in [0.05, 0.1) is 11.9 Å². The van der Waals surface area contributed by atoms with Gasteiger partial charge in [-0.2, -0.15) is 5.10 Å². The molecule has 0 bridgehead atoms. The molecule has 7 heteroatoms. The highest BCUT2D eigenvalue weighted by molar-refractivity contribution is 6.06. The van der Waals surface area contributed by atoms with E-state index < -0.39 is 11.5 Å². The lowest BCUT2D eigenvalue weighted by atomic mass is 10.1. The van der Waals surface area contributed by atoms with Gasteiger partial charge in [0.25, 0.3) is 5.91 Å². The SMILES string of the molecule is Cc1cc(C)c2cc(C(=O)Nc3cnn(C(C)(C)C(=O)O)c3)[nH]c2c1. The minimum absolute atomic E-state index is 0.305. The van der Waals surface area contributed by atoms with Crippen LogP contribution >= 0.6 is 0 Å². The molecule has 7 nitrogen and oxygen atoms in total. The number of benzene rings is 1. The van der Waals surface area contributed by atoms with Crippen LogP contribution in [0, 0.1) is 13.8 Å². The lowest BCUT2D eigenvalue weighted by Crippen LogP contribution is -2.35. The minimum Gasteiger partial charge on any atom is -0.479 e. The van der Waals surface area contributed by atoms with E-state index in [0.29, 0.717) is 11.4 Å². The van der Waals surface area contributed by atoms with Crippen LogP contribution in [0.4, 0.5) is 5.69 Å². The minimum atomic E-state index is -1.20. The topological polar surface area (TPSA) is 100 Å². The molecule has 0 fully saturated rings. The van der Waals surface area contributed by atoms with Crippen LogP contribution in [0.15, 0.2) is 30.6 Å². The molecular weight excluding hydrogens is 320 g/mol. The van der Waals surface area contributed by atoms with Crippen molar-refractivity contribution in [2.75, 3.05) is 5.32 Å². The normalized spacial score (nSPS) is 11.7. The van der Waals surface area contributed by atoms with E-state index in [1.807, 2.05) is 26.0 Å². The zero-order valence-electron chi connectivity index (χ0n) is 14.5. The number of rotatable bonds is 4. The number of fused-ring (bicyclic) bond motifs is 1. The van der Waals surface area contributed by atoms with Crippen molar-refractivity contribution in [3.63, 3.8) is 0 Å². The van der Waals surface area contributed by atoms with Gasteiger partial charge in [0.1, 0.15) is 5.69 Å². The Balaban J connectivity index is 1.85. The maximum absolute atomic E-state index is 12.5. The maximum Gasteiger partial charge on any atom is 0.331 e. The Bertz CT molecular complexity index is 982. The number of aliphatic carboxylic acids is 1. The van der Waals surface area contributed by atoms with Gasteiger partial charge in [-0.3, -0.25) is 9.48 Å². The summed E-state index contributed by atoms with van der Waals surface area (Å²) >= 11 is 0. The first-order chi connectivity index (χ1) is 11.7. The molecule has 2 heterocycles. The molecule has 3 N–H and O–H groups in total. The fourth-order valence-corrected chi connectivity index (χ4v) is 2.71. The van der Waals surface area contributed by atoms with E-state index >= 15 is 0 Å². The molecule has 1 aromatic carbocycles. The number of carboxylic acid groups (broad SMARTS) is 1. The van der Waals surface area contributed by atoms with Crippen molar-refractivity contribution >= 4 is 28.5 Å². The van der Waals surface area contributed by atoms with Crippen LogP contribution < -0.4 is 5.32 Å². The number of aromatic amines is 1. The number of carbonyl (C=O) groups is 2. The summed E-state index contributed by atoms with van der Waals surface area (Å²) < 4.78 is 1.31. The second kappa shape index (κ2) is 5.77. The van der Waals surface area contributed by atoms with Gasteiger partial charge in [0, 0.05) is 17.1 Å². The van der Waals surface area contributed by atoms with E-state index in [1.54, 1.807) is 0 Å². The summed E-state index contributed by atoms with van der Waals surface area (Å²) in [6, 6.07) is 5.87. The zero-order chi connectivity index (χ0) is 18.4. The summed E-state index contributed by atoms with van der Waals surface area (Å²) in [4.78, 5) is 26.9. The van der Waals surface area contributed by atoms with E-state index in [2.05, 4.69) is 21.5 Å². The van der Waals surface area contributed by atoms with Crippen LogP contribution in [0.2, 0.25) is 0 Å². The number of hydrogen-bond acceptors (Lipinski definition) is 3. The van der Waals surface area contributed by atoms with E-state index in [9.17, 15) is 14.7 Å². The molecule has 3 rings (SSSR count). The van der Waals surface area contributed by atoms with Crippen LogP contribution in [-0.4, -0.2) is 31.7 Å². The molecule has 0 unspecified atom stereocenters. The van der Waals surface area contributed by atoms with Crippen molar-refractivity contribution < 1.29 is 14.7 Å². The largest absolute Gasteiger partial charge is 0.479 e. The van der Waals surface area contributed by atoms with Crippen molar-refractivity contribution in [1.82, 2.24) is 14.8 Å². The van der Waals surface area contributed by atoms with E-state index in [0.717, 1.165) is 22.0 Å². The third kappa shape index (κ3) is 3.00. The van der Waals surface area contributed by atoms with Crippen molar-refractivity contribution in [3.05, 3.63) is 47.4 Å². The third-order valence-corrected chi connectivity index (χ3v) is 4.27. The molecular formula is C18H20N4O3. The van der Waals surface area contributed by atoms with Gasteiger partial charge in [0.15, 0.2) is 5.54 Å². The van der Waals surface area contributed by atoms with Gasteiger partial charge >= 0.3 is 5.97 Å². The van der Waals surface area contributed by atoms with Gasteiger partial charge in [-0.1, -0.05) is 6.07 Å². The van der Waals surface area contributed by atoms with Crippen LogP contribution in [0.1, 0.15) is 35.5 Å². The van der Waals surface area contributed by atoms with Crippen molar-refractivity contribution in [3.8, 4) is 0 Å². The summed E-state index contributed by atoms with van der Waals surface area (Å²) in [5.41, 5.74) is 2.81. The van der Waals surface area contributed by atoms with E-state index in [1.165, 1.54) is 30.9 Å². The number of nitrogens with zero attached hydrogens (tertiary/aromatic N) is 2. The summed E-state index contributed by atoms with van der Waals surface area (Å²) in [6.07, 6.45) is 2.94. The van der Waals surface area contributed by atoms with E-state index in [-0.39, 0.29) is 5.91 Å². The smallest absolute Gasteiger partial charge is 0.331 e. The monoisotopic (exact) mass is 340 g/mol. The third-order valence-electron chi connectivity index (χ3n) is 4.27. The zero-order valence-corrected chi connectivity index (χ0v) is 14.5. The Labute approximate surface area is 144 Å². The summed E-state index contributed by atoms with van der Waals surface area (Å²) in [7, 11) is 0. The lowest BCUT2D eigenvalue weighted by Gasteiger charge is -2.19.